The fourth-order valence-corrected chi connectivity index (χ4v) is 11.9. The van der Waals surface area contributed by atoms with Crippen molar-refractivity contribution in [1.82, 2.24) is 0 Å². The van der Waals surface area contributed by atoms with Crippen LogP contribution in [0.3, 0.4) is 0 Å². The molecule has 6 fully saturated rings. The second-order valence-corrected chi connectivity index (χ2v) is 15.3. The van der Waals surface area contributed by atoms with Crippen LogP contribution in [0.25, 0.3) is 0 Å². The fourth-order valence-electron chi connectivity index (χ4n) is 11.9. The summed E-state index contributed by atoms with van der Waals surface area (Å²) in [6, 6.07) is 0. The van der Waals surface area contributed by atoms with Crippen LogP contribution in [-0.2, 0) is 14.3 Å². The van der Waals surface area contributed by atoms with Crippen LogP contribution in [0, 0.1) is 50.7 Å². The molecule has 4 saturated carbocycles. The van der Waals surface area contributed by atoms with Crippen LogP contribution in [0.1, 0.15) is 87.0 Å². The molecule has 12 atom stereocenters. The highest BCUT2D eigenvalue weighted by atomic mass is 16.8. The number of aliphatic hydroxyl groups excluding tert-OH is 1. The van der Waals surface area contributed by atoms with Gasteiger partial charge in [0.05, 0.1) is 11.7 Å². The number of ether oxygens (including phenoxy) is 2. The van der Waals surface area contributed by atoms with E-state index in [0.29, 0.717) is 17.8 Å². The third-order valence-corrected chi connectivity index (χ3v) is 13.4. The minimum absolute atomic E-state index is 0.0873. The molecule has 2 heterocycles. The molecule has 2 aliphatic heterocycles. The van der Waals surface area contributed by atoms with Crippen LogP contribution >= 0.6 is 0 Å². The van der Waals surface area contributed by atoms with Crippen molar-refractivity contribution >= 4 is 5.78 Å². The average Bonchev–Trinajstić information content (AvgIpc) is 3.28. The van der Waals surface area contributed by atoms with Crippen LogP contribution < -0.4 is 0 Å². The summed E-state index contributed by atoms with van der Waals surface area (Å²) >= 11 is 0. The van der Waals surface area contributed by atoms with E-state index in [4.69, 9.17) is 9.47 Å². The molecule has 2 bridgehead atoms. The zero-order valence-electron chi connectivity index (χ0n) is 22.6. The van der Waals surface area contributed by atoms with Gasteiger partial charge in [0.25, 0.3) is 0 Å². The van der Waals surface area contributed by atoms with E-state index in [9.17, 15) is 15.0 Å². The Morgan fingerprint density at radius 2 is 1.74 bits per heavy atom. The maximum atomic E-state index is 12.9. The van der Waals surface area contributed by atoms with E-state index in [1.54, 1.807) is 13.8 Å². The Bertz CT molecular complexity index is 1040. The molecule has 7 aliphatic rings. The largest absolute Gasteiger partial charge is 0.388 e. The van der Waals surface area contributed by atoms with Gasteiger partial charge in [-0.05, 0) is 92.4 Å². The summed E-state index contributed by atoms with van der Waals surface area (Å²) < 4.78 is 13.5. The molecule has 0 aromatic carbocycles. The molecule has 0 radical (unpaired) electrons. The van der Waals surface area contributed by atoms with Crippen LogP contribution in [0.5, 0.6) is 0 Å². The molecule has 7 rings (SSSR count). The summed E-state index contributed by atoms with van der Waals surface area (Å²) in [6.45, 7) is 15.0. The monoisotopic (exact) mass is 484 g/mol. The van der Waals surface area contributed by atoms with E-state index in [1.165, 1.54) is 0 Å². The topological polar surface area (TPSA) is 76.0 Å². The Kier molecular flexibility index (Phi) is 4.08. The van der Waals surface area contributed by atoms with E-state index >= 15 is 0 Å². The van der Waals surface area contributed by atoms with E-state index in [2.05, 4.69) is 40.7 Å². The molecule has 5 heteroatoms. The van der Waals surface area contributed by atoms with Crippen LogP contribution in [0.4, 0.5) is 0 Å². The van der Waals surface area contributed by atoms with E-state index in [-0.39, 0.29) is 44.9 Å². The highest BCUT2D eigenvalue weighted by molar-refractivity contribution is 5.96. The standard InChI is InChI=1S/C30H44O5/c1-16-14-17-22(25(4,5)33)35-30(34-17)21(16)26(6)12-13-29-15-28(29)11-10-20(31)24(2,3)18(28)8-9-19(29)27(26,7)23(30)32/h10-11,16-19,21-23,32-33H,8-9,12-15H2,1-7H3/t16-,17-,18+,19+,21-,22+,23-,26-,27-,28-,29+,30+/m1/s1. The Hall–Kier alpha value is -0.750. The Morgan fingerprint density at radius 1 is 1.06 bits per heavy atom. The third kappa shape index (κ3) is 2.21. The number of carbonyl (C=O) groups is 1. The normalized spacial score (nSPS) is 61.4. The fraction of sp³-hybridized carbons (Fsp3) is 0.900. The smallest absolute Gasteiger partial charge is 0.199 e. The number of rotatable bonds is 1. The number of fused-ring (bicyclic) bond motifs is 4. The van der Waals surface area contributed by atoms with Crippen LogP contribution in [0.15, 0.2) is 12.2 Å². The molecule has 3 spiro atoms. The summed E-state index contributed by atoms with van der Waals surface area (Å²) in [5.41, 5.74) is -1.55. The van der Waals surface area contributed by atoms with Gasteiger partial charge in [-0.3, -0.25) is 4.79 Å². The van der Waals surface area contributed by atoms with E-state index < -0.39 is 23.6 Å². The van der Waals surface area contributed by atoms with Crippen molar-refractivity contribution in [3.05, 3.63) is 12.2 Å². The number of ketones is 1. The second-order valence-electron chi connectivity index (χ2n) is 15.3. The van der Waals surface area contributed by atoms with Crippen molar-refractivity contribution in [2.24, 2.45) is 50.7 Å². The predicted molar refractivity (Wildman–Crippen MR) is 131 cm³/mol. The molecule has 2 saturated heterocycles. The lowest BCUT2D eigenvalue weighted by Crippen LogP contribution is -2.59. The molecule has 0 aromatic heterocycles. The number of carbonyl (C=O) groups excluding carboxylic acids is 1. The summed E-state index contributed by atoms with van der Waals surface area (Å²) in [6.07, 6.45) is 9.13. The molecule has 5 aliphatic carbocycles. The maximum absolute atomic E-state index is 12.9. The minimum Gasteiger partial charge on any atom is -0.388 e. The average molecular weight is 485 g/mol. The Morgan fingerprint density at radius 3 is 2.43 bits per heavy atom. The molecule has 0 amide bonds. The summed E-state index contributed by atoms with van der Waals surface area (Å²) in [5, 5.41) is 23.4. The van der Waals surface area contributed by atoms with E-state index in [0.717, 1.165) is 38.5 Å². The lowest BCUT2D eigenvalue weighted by atomic mass is 9.42. The lowest BCUT2D eigenvalue weighted by Gasteiger charge is -2.62. The molecule has 35 heavy (non-hydrogen) atoms. The Labute approximate surface area is 210 Å². The van der Waals surface area contributed by atoms with Gasteiger partial charge in [0, 0.05) is 16.7 Å². The first-order valence-electron chi connectivity index (χ1n) is 14.1. The van der Waals surface area contributed by atoms with Crippen molar-refractivity contribution in [3.63, 3.8) is 0 Å². The highest BCUT2D eigenvalue weighted by Gasteiger charge is 2.87. The summed E-state index contributed by atoms with van der Waals surface area (Å²) in [5.74, 6) is 0.441. The SMILES string of the molecule is C[C@@H]1C[C@H]2O[C@@]3(O[C@@H]2C(C)(C)O)[C@H](O)[C@@]2(C)[C@@H]4CC[C@H]5C(C)(C)C(=O)C=C[C@@]56C[C@@]46CC[C@]2(C)[C@@H]13. The second kappa shape index (κ2) is 6.11. The van der Waals surface area contributed by atoms with Gasteiger partial charge in [-0.15, -0.1) is 0 Å². The third-order valence-electron chi connectivity index (χ3n) is 13.4. The number of allylic oxidation sites excluding steroid dienone is 2. The van der Waals surface area contributed by atoms with Crippen molar-refractivity contribution in [2.45, 2.75) is 117 Å². The molecule has 2 N–H and O–H groups in total. The summed E-state index contributed by atoms with van der Waals surface area (Å²) in [4.78, 5) is 12.9. The minimum atomic E-state index is -1.04. The number of hydrogen-bond donors (Lipinski definition) is 2. The van der Waals surface area contributed by atoms with Crippen molar-refractivity contribution < 1.29 is 24.5 Å². The van der Waals surface area contributed by atoms with Gasteiger partial charge in [0.15, 0.2) is 11.6 Å². The van der Waals surface area contributed by atoms with E-state index in [1.807, 2.05) is 6.08 Å². The van der Waals surface area contributed by atoms with Gasteiger partial charge in [0.2, 0.25) is 0 Å². The molecular weight excluding hydrogens is 440 g/mol. The number of hydrogen-bond acceptors (Lipinski definition) is 5. The van der Waals surface area contributed by atoms with Crippen molar-refractivity contribution in [3.8, 4) is 0 Å². The van der Waals surface area contributed by atoms with Gasteiger partial charge < -0.3 is 19.7 Å². The molecule has 0 aromatic rings. The van der Waals surface area contributed by atoms with Crippen LogP contribution in [0.2, 0.25) is 0 Å². The first-order chi connectivity index (χ1) is 16.1. The first kappa shape index (κ1) is 23.4. The first-order valence-corrected chi connectivity index (χ1v) is 14.1. The van der Waals surface area contributed by atoms with Crippen LogP contribution in [-0.4, -0.2) is 45.7 Å². The number of aliphatic hydroxyl groups is 2. The van der Waals surface area contributed by atoms with Crippen molar-refractivity contribution in [2.75, 3.05) is 0 Å². The molecular formula is C30H44O5. The van der Waals surface area contributed by atoms with Crippen molar-refractivity contribution in [1.29, 1.82) is 0 Å². The van der Waals surface area contributed by atoms with Gasteiger partial charge in [-0.1, -0.05) is 40.7 Å². The van der Waals surface area contributed by atoms with Gasteiger partial charge in [0.1, 0.15) is 12.2 Å². The zero-order valence-corrected chi connectivity index (χ0v) is 22.6. The summed E-state index contributed by atoms with van der Waals surface area (Å²) in [7, 11) is 0. The van der Waals surface area contributed by atoms with Gasteiger partial charge in [-0.25, -0.2) is 0 Å². The maximum Gasteiger partial charge on any atom is 0.199 e. The molecule has 0 unspecified atom stereocenters. The zero-order chi connectivity index (χ0) is 25.2. The predicted octanol–water partition coefficient (Wildman–Crippen LogP) is 4.64. The van der Waals surface area contributed by atoms with Gasteiger partial charge >= 0.3 is 0 Å². The highest BCUT2D eigenvalue weighted by Crippen LogP contribution is 2.89. The molecule has 5 nitrogen and oxygen atoms in total. The lowest BCUT2D eigenvalue weighted by molar-refractivity contribution is -0.282. The van der Waals surface area contributed by atoms with Gasteiger partial charge in [-0.2, -0.15) is 0 Å². The Balaban J connectivity index is 1.35. The molecule has 194 valence electrons. The quantitative estimate of drug-likeness (QED) is 0.567.